The van der Waals surface area contributed by atoms with Crippen LogP contribution in [0.5, 0.6) is 0 Å². The maximum Gasteiger partial charge on any atom is 0.471 e. The third-order valence-corrected chi connectivity index (χ3v) is 7.50. The Morgan fingerprint density at radius 1 is 1.19 bits per heavy atom. The molecule has 1 aliphatic heterocycles. The summed E-state index contributed by atoms with van der Waals surface area (Å²) in [5.74, 6) is -0.888. The Bertz CT molecular complexity index is 607. The number of hydrogen-bond acceptors (Lipinski definition) is 4. The van der Waals surface area contributed by atoms with Crippen LogP contribution < -0.4 is 5.32 Å². The first-order chi connectivity index (χ1) is 12.1. The topological polar surface area (TPSA) is 69.6 Å². The monoisotopic (exact) mass is 392 g/mol. The molecule has 5 nitrogen and oxygen atoms in total. The van der Waals surface area contributed by atoms with Gasteiger partial charge in [0.25, 0.3) is 0 Å². The van der Waals surface area contributed by atoms with Crippen molar-refractivity contribution in [1.29, 1.82) is 0 Å². The van der Waals surface area contributed by atoms with Crippen molar-refractivity contribution >= 4 is 23.6 Å². The number of halogens is 3. The van der Waals surface area contributed by atoms with E-state index in [9.17, 15) is 27.9 Å². The second-order valence-corrected chi connectivity index (χ2v) is 9.67. The minimum absolute atomic E-state index is 0.215. The normalized spacial score (nSPS) is 39.9. The van der Waals surface area contributed by atoms with Crippen LogP contribution in [0.25, 0.3) is 0 Å². The highest BCUT2D eigenvalue weighted by Gasteiger charge is 2.62. The van der Waals surface area contributed by atoms with E-state index in [2.05, 4.69) is 0 Å². The van der Waals surface area contributed by atoms with Crippen molar-refractivity contribution in [2.24, 2.45) is 17.3 Å². The van der Waals surface area contributed by atoms with E-state index in [0.29, 0.717) is 44.5 Å². The van der Waals surface area contributed by atoms with E-state index < -0.39 is 35.0 Å². The standard InChI is InChI=1S/C17H23F3N2O3S/c18-17(19,20)14(24)21-12(13(23)22-1-2-26-9-22)15-4-10-3-11(5-15)7-16(25,6-10)8-15/h10-12,25H,1-9H2,(H,21,24). The second kappa shape index (κ2) is 6.02. The molecule has 5 rings (SSSR count). The summed E-state index contributed by atoms with van der Waals surface area (Å²) < 4.78 is 38.7. The van der Waals surface area contributed by atoms with Crippen LogP contribution in [0.4, 0.5) is 13.2 Å². The molecule has 9 heteroatoms. The van der Waals surface area contributed by atoms with Gasteiger partial charge in [-0.15, -0.1) is 11.8 Å². The molecule has 3 atom stereocenters. The molecule has 5 fully saturated rings. The summed E-state index contributed by atoms with van der Waals surface area (Å²) in [5.41, 5.74) is -1.69. The molecule has 146 valence electrons. The summed E-state index contributed by atoms with van der Waals surface area (Å²) in [4.78, 5) is 26.3. The fourth-order valence-corrected chi connectivity index (χ4v) is 7.04. The number of nitrogens with zero attached hydrogens (tertiary/aromatic N) is 1. The Hall–Kier alpha value is -0.960. The predicted octanol–water partition coefficient (Wildman–Crippen LogP) is 1.90. The number of aliphatic hydroxyl groups is 1. The van der Waals surface area contributed by atoms with Gasteiger partial charge in [-0.3, -0.25) is 9.59 Å². The van der Waals surface area contributed by atoms with Crippen LogP contribution >= 0.6 is 11.8 Å². The Morgan fingerprint density at radius 3 is 2.35 bits per heavy atom. The second-order valence-electron chi connectivity index (χ2n) is 8.59. The van der Waals surface area contributed by atoms with Crippen LogP contribution in [0.1, 0.15) is 38.5 Å². The van der Waals surface area contributed by atoms with E-state index in [0.717, 1.165) is 12.2 Å². The molecule has 0 aromatic rings. The molecule has 26 heavy (non-hydrogen) atoms. The maximum atomic E-state index is 13.1. The molecule has 1 heterocycles. The molecule has 0 spiro atoms. The van der Waals surface area contributed by atoms with Gasteiger partial charge in [0.05, 0.1) is 11.5 Å². The Kier molecular flexibility index (Phi) is 4.26. The number of hydrogen-bond donors (Lipinski definition) is 2. The molecule has 0 radical (unpaired) electrons. The van der Waals surface area contributed by atoms with E-state index in [1.807, 2.05) is 5.32 Å². The van der Waals surface area contributed by atoms with Crippen molar-refractivity contribution in [3.8, 4) is 0 Å². The van der Waals surface area contributed by atoms with Crippen molar-refractivity contribution < 1.29 is 27.9 Å². The summed E-state index contributed by atoms with van der Waals surface area (Å²) in [7, 11) is 0. The predicted molar refractivity (Wildman–Crippen MR) is 89.1 cm³/mol. The lowest BCUT2D eigenvalue weighted by Gasteiger charge is -2.62. The molecule has 5 aliphatic rings. The number of nitrogens with one attached hydrogen (secondary N) is 1. The molecule has 4 aliphatic carbocycles. The largest absolute Gasteiger partial charge is 0.471 e. The van der Waals surface area contributed by atoms with Crippen molar-refractivity contribution in [3.05, 3.63) is 0 Å². The third kappa shape index (κ3) is 3.10. The molecule has 2 amide bonds. The highest BCUT2D eigenvalue weighted by atomic mass is 32.2. The number of carbonyl (C=O) groups excluding carboxylic acids is 2. The quantitative estimate of drug-likeness (QED) is 0.770. The van der Waals surface area contributed by atoms with Crippen LogP contribution in [0.15, 0.2) is 0 Å². The zero-order chi connectivity index (χ0) is 18.7. The van der Waals surface area contributed by atoms with Gasteiger partial charge >= 0.3 is 12.1 Å². The lowest BCUT2D eigenvalue weighted by atomic mass is 9.46. The summed E-state index contributed by atoms with van der Waals surface area (Å²) in [6.07, 6.45) is -1.28. The van der Waals surface area contributed by atoms with Crippen LogP contribution in [0, 0.1) is 17.3 Å². The fourth-order valence-electron chi connectivity index (χ4n) is 6.08. The van der Waals surface area contributed by atoms with E-state index in [4.69, 9.17) is 0 Å². The maximum absolute atomic E-state index is 13.1. The molecule has 3 unspecified atom stereocenters. The van der Waals surface area contributed by atoms with Gasteiger partial charge in [0, 0.05) is 17.7 Å². The highest BCUT2D eigenvalue weighted by Crippen LogP contribution is 2.63. The lowest BCUT2D eigenvalue weighted by molar-refractivity contribution is -0.190. The minimum Gasteiger partial charge on any atom is -0.390 e. The first-order valence-electron chi connectivity index (χ1n) is 9.07. The van der Waals surface area contributed by atoms with Crippen molar-refractivity contribution in [2.75, 3.05) is 18.2 Å². The number of rotatable bonds is 3. The van der Waals surface area contributed by atoms with Gasteiger partial charge in [-0.2, -0.15) is 13.2 Å². The zero-order valence-corrected chi connectivity index (χ0v) is 15.2. The van der Waals surface area contributed by atoms with Crippen LogP contribution in [-0.2, 0) is 9.59 Å². The van der Waals surface area contributed by atoms with Gasteiger partial charge in [0.1, 0.15) is 6.04 Å². The first-order valence-corrected chi connectivity index (χ1v) is 10.2. The third-order valence-electron chi connectivity index (χ3n) is 6.53. The molecular weight excluding hydrogens is 369 g/mol. The first kappa shape index (κ1) is 18.4. The zero-order valence-electron chi connectivity index (χ0n) is 14.3. The molecule has 4 bridgehead atoms. The van der Waals surface area contributed by atoms with Crippen molar-refractivity contribution in [2.45, 2.75) is 56.3 Å². The average molecular weight is 392 g/mol. The van der Waals surface area contributed by atoms with E-state index in [1.54, 1.807) is 11.8 Å². The molecular formula is C17H23F3N2O3S. The van der Waals surface area contributed by atoms with Gasteiger partial charge in [-0.05, 0) is 50.4 Å². The smallest absolute Gasteiger partial charge is 0.390 e. The Morgan fingerprint density at radius 2 is 1.85 bits per heavy atom. The van der Waals surface area contributed by atoms with Crippen molar-refractivity contribution in [1.82, 2.24) is 10.2 Å². The number of carbonyl (C=O) groups is 2. The number of amides is 2. The van der Waals surface area contributed by atoms with E-state index in [-0.39, 0.29) is 11.8 Å². The highest BCUT2D eigenvalue weighted by molar-refractivity contribution is 7.99. The molecule has 1 saturated heterocycles. The molecule has 4 saturated carbocycles. The van der Waals surface area contributed by atoms with E-state index in [1.165, 1.54) is 4.90 Å². The Labute approximate surface area is 154 Å². The van der Waals surface area contributed by atoms with Crippen LogP contribution in [0.2, 0.25) is 0 Å². The van der Waals surface area contributed by atoms with Gasteiger partial charge in [-0.25, -0.2) is 0 Å². The average Bonchev–Trinajstić information content (AvgIpc) is 3.02. The number of alkyl halides is 3. The summed E-state index contributed by atoms with van der Waals surface area (Å²) >= 11 is 1.55. The molecule has 0 aromatic carbocycles. The van der Waals surface area contributed by atoms with E-state index >= 15 is 0 Å². The lowest BCUT2D eigenvalue weighted by Crippen LogP contribution is -2.66. The Balaban J connectivity index is 1.66. The van der Waals surface area contributed by atoms with Gasteiger partial charge in [0.15, 0.2) is 0 Å². The van der Waals surface area contributed by atoms with Gasteiger partial charge in [0.2, 0.25) is 5.91 Å². The molecule has 0 aromatic heterocycles. The van der Waals surface area contributed by atoms with Crippen LogP contribution in [0.3, 0.4) is 0 Å². The summed E-state index contributed by atoms with van der Waals surface area (Å²) in [6, 6.07) is -1.22. The molecule has 2 N–H and O–H groups in total. The van der Waals surface area contributed by atoms with Crippen LogP contribution in [-0.4, -0.2) is 57.8 Å². The number of thioether (sulfide) groups is 1. The fraction of sp³-hybridized carbons (Fsp3) is 0.882. The summed E-state index contributed by atoms with van der Waals surface area (Å²) in [5, 5.41) is 12.9. The SMILES string of the molecule is O=C(C(NC(=O)C(F)(F)F)C12CC3CC(CC(O)(C3)C1)C2)N1CCSC1. The van der Waals surface area contributed by atoms with Gasteiger partial charge < -0.3 is 15.3 Å². The van der Waals surface area contributed by atoms with Gasteiger partial charge in [-0.1, -0.05) is 0 Å². The summed E-state index contributed by atoms with van der Waals surface area (Å²) in [6.45, 7) is 0.481. The van der Waals surface area contributed by atoms with Crippen molar-refractivity contribution in [3.63, 3.8) is 0 Å². The minimum atomic E-state index is -5.03.